The van der Waals surface area contributed by atoms with E-state index in [1.54, 1.807) is 0 Å². The van der Waals surface area contributed by atoms with Crippen molar-refractivity contribution < 1.29 is 45.4 Å². The molecule has 1 aromatic heterocycles. The minimum atomic E-state index is -4.94. The number of carbonyl (C=O) groups is 2. The zero-order valence-corrected chi connectivity index (χ0v) is 18.6. The Bertz CT molecular complexity index is 1140. The summed E-state index contributed by atoms with van der Waals surface area (Å²) in [5, 5.41) is 2.34. The topological polar surface area (TPSA) is 104 Å². The smallest absolute Gasteiger partial charge is 0.417 e. The van der Waals surface area contributed by atoms with Crippen LogP contribution in [-0.4, -0.2) is 41.8 Å². The summed E-state index contributed by atoms with van der Waals surface area (Å²) in [6.07, 6.45) is -8.84. The lowest BCUT2D eigenvalue weighted by atomic mass is 9.76. The van der Waals surface area contributed by atoms with Gasteiger partial charge in [0.15, 0.2) is 17.2 Å². The highest BCUT2D eigenvalue weighted by molar-refractivity contribution is 5.97. The number of rotatable bonds is 6. The Morgan fingerprint density at radius 1 is 1.26 bits per heavy atom. The van der Waals surface area contributed by atoms with Gasteiger partial charge in [-0.05, 0) is 25.1 Å². The van der Waals surface area contributed by atoms with Crippen molar-refractivity contribution in [3.05, 3.63) is 53.1 Å². The van der Waals surface area contributed by atoms with Crippen molar-refractivity contribution in [3.63, 3.8) is 0 Å². The highest BCUT2D eigenvalue weighted by Gasteiger charge is 2.65. The van der Waals surface area contributed by atoms with Crippen molar-refractivity contribution in [3.8, 4) is 5.75 Å². The standard InChI is InChI=1S/C22H21F6N3O4/c1-9-14(11-4-5-12(18(24)25)15(23)16(11)34-3)17(35-21(9,2)22(26,27)28)20(33)31-10-6-7-30-13(8-10)19(29)32/h4-9,14,17-18H,1-3H3,(H2,29,32)(H,30,31,33)/t9-,14+,17+,21-/m0/s1. The molecule has 4 atom stereocenters. The van der Waals surface area contributed by atoms with Gasteiger partial charge in [-0.15, -0.1) is 0 Å². The number of halogens is 6. The first-order chi connectivity index (χ1) is 16.2. The lowest BCUT2D eigenvalue weighted by Gasteiger charge is -2.32. The summed E-state index contributed by atoms with van der Waals surface area (Å²) < 4.78 is 93.3. The average molecular weight is 505 g/mol. The Kier molecular flexibility index (Phi) is 7.02. The molecule has 0 aliphatic carbocycles. The summed E-state index contributed by atoms with van der Waals surface area (Å²) >= 11 is 0. The number of primary amides is 1. The fourth-order valence-electron chi connectivity index (χ4n) is 4.10. The molecule has 2 amide bonds. The number of nitrogens with zero attached hydrogens (tertiary/aromatic N) is 1. The number of amides is 2. The van der Waals surface area contributed by atoms with Crippen LogP contribution in [0.2, 0.25) is 0 Å². The number of nitrogens with two attached hydrogens (primary N) is 1. The normalized spacial score (nSPS) is 24.5. The van der Waals surface area contributed by atoms with E-state index < -0.39 is 65.1 Å². The third-order valence-electron chi connectivity index (χ3n) is 6.16. The van der Waals surface area contributed by atoms with E-state index in [9.17, 15) is 35.9 Å². The number of ether oxygens (including phenoxy) is 2. The lowest BCUT2D eigenvalue weighted by Crippen LogP contribution is -2.47. The molecule has 2 aromatic rings. The van der Waals surface area contributed by atoms with Crippen molar-refractivity contribution in [1.82, 2.24) is 4.98 Å². The molecule has 3 N–H and O–H groups in total. The van der Waals surface area contributed by atoms with Gasteiger partial charge in [0, 0.05) is 29.3 Å². The van der Waals surface area contributed by atoms with Crippen LogP contribution in [0.25, 0.3) is 0 Å². The molecule has 0 unspecified atom stereocenters. The zero-order valence-electron chi connectivity index (χ0n) is 18.6. The van der Waals surface area contributed by atoms with Gasteiger partial charge in [-0.3, -0.25) is 14.6 Å². The summed E-state index contributed by atoms with van der Waals surface area (Å²) in [6.45, 7) is 1.90. The monoisotopic (exact) mass is 505 g/mol. The summed E-state index contributed by atoms with van der Waals surface area (Å²) in [4.78, 5) is 28.2. The van der Waals surface area contributed by atoms with Crippen LogP contribution in [0.3, 0.4) is 0 Å². The Labute approximate surface area is 195 Å². The SMILES string of the molecule is COc1c([C@@H]2[C@H](C(=O)Nc3ccnc(C(N)=O)c3)O[C@](C)(C(F)(F)F)[C@H]2C)ccc(C(F)F)c1F. The molecule has 0 radical (unpaired) electrons. The number of alkyl halides is 5. The van der Waals surface area contributed by atoms with Gasteiger partial charge < -0.3 is 20.5 Å². The number of hydrogen-bond donors (Lipinski definition) is 2. The zero-order chi connectivity index (χ0) is 26.3. The van der Waals surface area contributed by atoms with Gasteiger partial charge in [-0.1, -0.05) is 13.0 Å². The van der Waals surface area contributed by atoms with Gasteiger partial charge in [0.2, 0.25) is 0 Å². The van der Waals surface area contributed by atoms with E-state index in [1.807, 2.05) is 0 Å². The molecule has 190 valence electrons. The molecule has 2 heterocycles. The fraction of sp³-hybridized carbons (Fsp3) is 0.409. The first-order valence-corrected chi connectivity index (χ1v) is 10.2. The highest BCUT2D eigenvalue weighted by atomic mass is 19.4. The van der Waals surface area contributed by atoms with E-state index in [0.29, 0.717) is 0 Å². The van der Waals surface area contributed by atoms with Gasteiger partial charge >= 0.3 is 6.18 Å². The second kappa shape index (κ2) is 9.36. The lowest BCUT2D eigenvalue weighted by molar-refractivity contribution is -0.272. The maximum atomic E-state index is 14.8. The first-order valence-electron chi connectivity index (χ1n) is 10.2. The summed E-state index contributed by atoms with van der Waals surface area (Å²) in [6, 6.07) is 4.09. The molecule has 7 nitrogen and oxygen atoms in total. The van der Waals surface area contributed by atoms with E-state index in [4.69, 9.17) is 15.2 Å². The Morgan fingerprint density at radius 2 is 1.91 bits per heavy atom. The molecular formula is C22H21F6N3O4. The molecule has 13 heteroatoms. The Hall–Kier alpha value is -3.35. The minimum absolute atomic E-state index is 0.0133. The second-order valence-corrected chi connectivity index (χ2v) is 8.13. The average Bonchev–Trinajstić information content (AvgIpc) is 3.05. The number of methoxy groups -OCH3 is 1. The third-order valence-corrected chi connectivity index (χ3v) is 6.16. The van der Waals surface area contributed by atoms with Crippen molar-refractivity contribution in [2.45, 2.75) is 44.1 Å². The largest absolute Gasteiger partial charge is 0.493 e. The summed E-state index contributed by atoms with van der Waals surface area (Å²) in [5.41, 5.74) is 0.816. The molecule has 1 fully saturated rings. The van der Waals surface area contributed by atoms with Crippen LogP contribution in [0.4, 0.5) is 32.0 Å². The van der Waals surface area contributed by atoms with E-state index >= 15 is 0 Å². The molecule has 0 bridgehead atoms. The van der Waals surface area contributed by atoms with Crippen LogP contribution >= 0.6 is 0 Å². The van der Waals surface area contributed by atoms with Crippen LogP contribution in [0.5, 0.6) is 5.75 Å². The minimum Gasteiger partial charge on any atom is -0.493 e. The third kappa shape index (κ3) is 4.64. The number of benzene rings is 1. The van der Waals surface area contributed by atoms with Gasteiger partial charge in [-0.2, -0.15) is 13.2 Å². The van der Waals surface area contributed by atoms with Gasteiger partial charge in [0.1, 0.15) is 11.8 Å². The summed E-state index contributed by atoms with van der Waals surface area (Å²) in [5.74, 6) is -7.05. The Morgan fingerprint density at radius 3 is 2.46 bits per heavy atom. The molecule has 35 heavy (non-hydrogen) atoms. The van der Waals surface area contributed by atoms with Crippen LogP contribution in [-0.2, 0) is 9.53 Å². The van der Waals surface area contributed by atoms with Crippen LogP contribution in [0, 0.1) is 11.7 Å². The van der Waals surface area contributed by atoms with Crippen LogP contribution in [0.15, 0.2) is 30.5 Å². The molecule has 1 aliphatic heterocycles. The van der Waals surface area contributed by atoms with Crippen LogP contribution < -0.4 is 15.8 Å². The van der Waals surface area contributed by atoms with Crippen molar-refractivity contribution in [2.75, 3.05) is 12.4 Å². The molecule has 0 spiro atoms. The highest BCUT2D eigenvalue weighted by Crippen LogP contribution is 2.55. The van der Waals surface area contributed by atoms with Gasteiger partial charge in [-0.25, -0.2) is 13.2 Å². The van der Waals surface area contributed by atoms with E-state index in [-0.39, 0.29) is 16.9 Å². The second-order valence-electron chi connectivity index (χ2n) is 8.13. The number of nitrogens with one attached hydrogen (secondary N) is 1. The molecular weight excluding hydrogens is 484 g/mol. The Balaban J connectivity index is 2.10. The predicted octanol–water partition coefficient (Wildman–Crippen LogP) is 4.34. The number of pyridine rings is 1. The predicted molar refractivity (Wildman–Crippen MR) is 111 cm³/mol. The fourth-order valence-corrected chi connectivity index (χ4v) is 4.10. The molecule has 0 saturated carbocycles. The quantitative estimate of drug-likeness (QED) is 0.569. The van der Waals surface area contributed by atoms with Crippen molar-refractivity contribution in [1.29, 1.82) is 0 Å². The van der Waals surface area contributed by atoms with Crippen molar-refractivity contribution >= 4 is 17.5 Å². The van der Waals surface area contributed by atoms with E-state index in [0.717, 1.165) is 45.4 Å². The van der Waals surface area contributed by atoms with Crippen LogP contribution in [0.1, 0.15) is 47.8 Å². The number of aromatic nitrogens is 1. The molecule has 1 aromatic carbocycles. The van der Waals surface area contributed by atoms with Gasteiger partial charge in [0.25, 0.3) is 18.2 Å². The molecule has 1 saturated heterocycles. The maximum absolute atomic E-state index is 14.8. The number of carbonyl (C=O) groups excluding carboxylic acids is 2. The number of hydrogen-bond acceptors (Lipinski definition) is 5. The summed E-state index contributed by atoms with van der Waals surface area (Å²) in [7, 11) is 0.970. The first kappa shape index (κ1) is 26.3. The molecule has 1 aliphatic rings. The van der Waals surface area contributed by atoms with E-state index in [1.165, 1.54) is 6.07 Å². The van der Waals surface area contributed by atoms with Gasteiger partial charge in [0.05, 0.1) is 12.7 Å². The van der Waals surface area contributed by atoms with Crippen molar-refractivity contribution in [2.24, 2.45) is 11.7 Å². The van der Waals surface area contributed by atoms with E-state index in [2.05, 4.69) is 10.3 Å². The maximum Gasteiger partial charge on any atom is 0.417 e. The number of anilines is 1. The molecule has 3 rings (SSSR count).